The summed E-state index contributed by atoms with van der Waals surface area (Å²) in [5, 5.41) is 5.14. The Morgan fingerprint density at radius 1 is 1.16 bits per heavy atom. The molecule has 1 fully saturated rings. The largest absolute Gasteiger partial charge is 0.379 e. The average Bonchev–Trinajstić information content (AvgIpc) is 3.24. The molecule has 0 atom stereocenters. The molecule has 0 saturated carbocycles. The molecule has 0 aliphatic carbocycles. The maximum atomic E-state index is 13.0. The first-order valence-corrected chi connectivity index (χ1v) is 12.7. The number of amides is 1. The van der Waals surface area contributed by atoms with E-state index >= 15 is 0 Å². The highest BCUT2D eigenvalue weighted by molar-refractivity contribution is 7.89. The summed E-state index contributed by atoms with van der Waals surface area (Å²) in [6, 6.07) is 10.4. The Morgan fingerprint density at radius 3 is 2.66 bits per heavy atom. The minimum Gasteiger partial charge on any atom is -0.379 e. The van der Waals surface area contributed by atoms with Crippen molar-refractivity contribution in [2.24, 2.45) is 0 Å². The second-order valence-electron chi connectivity index (χ2n) is 7.47. The van der Waals surface area contributed by atoms with Crippen molar-refractivity contribution in [3.63, 3.8) is 0 Å². The normalized spacial score (nSPS) is 15.0. The molecule has 1 N–H and O–H groups in total. The van der Waals surface area contributed by atoms with Crippen LogP contribution in [-0.4, -0.2) is 49.9 Å². The first-order valence-electron chi connectivity index (χ1n) is 9.97. The van der Waals surface area contributed by atoms with Gasteiger partial charge in [0.05, 0.1) is 23.9 Å². The third-order valence-corrected chi connectivity index (χ3v) is 8.31. The van der Waals surface area contributed by atoms with E-state index in [9.17, 15) is 13.2 Å². The van der Waals surface area contributed by atoms with E-state index in [1.165, 1.54) is 33.8 Å². The lowest BCUT2D eigenvalue weighted by Gasteiger charge is -2.26. The molecule has 2 heterocycles. The molecule has 10 heteroatoms. The molecule has 4 rings (SSSR count). The summed E-state index contributed by atoms with van der Waals surface area (Å²) >= 11 is 7.49. The van der Waals surface area contributed by atoms with Crippen LogP contribution in [0, 0.1) is 13.8 Å². The number of hydrogen-bond acceptors (Lipinski definition) is 6. The van der Waals surface area contributed by atoms with Gasteiger partial charge in [-0.15, -0.1) is 11.3 Å². The molecule has 0 unspecified atom stereocenters. The maximum absolute atomic E-state index is 13.0. The van der Waals surface area contributed by atoms with E-state index in [2.05, 4.69) is 16.4 Å². The van der Waals surface area contributed by atoms with Gasteiger partial charge in [-0.25, -0.2) is 13.4 Å². The number of aromatic nitrogens is 1. The van der Waals surface area contributed by atoms with E-state index in [1.54, 1.807) is 0 Å². The number of thiazole rings is 1. The second kappa shape index (κ2) is 9.29. The Labute approximate surface area is 196 Å². The zero-order chi connectivity index (χ0) is 22.9. The molecule has 0 bridgehead atoms. The number of carbonyl (C=O) groups excluding carboxylic acids is 1. The fraction of sp³-hybridized carbons (Fsp3) is 0.273. The summed E-state index contributed by atoms with van der Waals surface area (Å²) in [7, 11) is -3.83. The topological polar surface area (TPSA) is 88.6 Å². The van der Waals surface area contributed by atoms with Crippen LogP contribution in [0.4, 0.5) is 5.13 Å². The number of benzene rings is 2. The van der Waals surface area contributed by atoms with Crippen LogP contribution in [-0.2, 0) is 14.8 Å². The molecule has 168 valence electrons. The average molecular weight is 492 g/mol. The molecule has 0 spiro atoms. The second-order valence-corrected chi connectivity index (χ2v) is 10.6. The van der Waals surface area contributed by atoms with Crippen molar-refractivity contribution in [1.29, 1.82) is 0 Å². The number of carbonyl (C=O) groups is 1. The number of morpholine rings is 1. The number of hydrogen-bond donors (Lipinski definition) is 1. The van der Waals surface area contributed by atoms with Crippen LogP contribution >= 0.6 is 22.9 Å². The third-order valence-electron chi connectivity index (χ3n) is 5.17. The van der Waals surface area contributed by atoms with Crippen LogP contribution in [0.25, 0.3) is 11.3 Å². The SMILES string of the molecule is Cc1ccc(C)c(-c2csc(NC(=O)c3ccc(Cl)c(S(=O)(=O)N4CCOCC4)c3)n2)c1. The molecule has 7 nitrogen and oxygen atoms in total. The molecule has 1 amide bonds. The Hall–Kier alpha value is -2.30. The highest BCUT2D eigenvalue weighted by Gasteiger charge is 2.29. The van der Waals surface area contributed by atoms with E-state index in [1.807, 2.05) is 31.4 Å². The van der Waals surface area contributed by atoms with Crippen molar-refractivity contribution in [1.82, 2.24) is 9.29 Å². The highest BCUT2D eigenvalue weighted by atomic mass is 35.5. The Balaban J connectivity index is 1.56. The molecule has 3 aromatic rings. The molecule has 1 saturated heterocycles. The lowest BCUT2D eigenvalue weighted by atomic mass is 10.0. The van der Waals surface area contributed by atoms with E-state index in [-0.39, 0.29) is 28.6 Å². The van der Waals surface area contributed by atoms with Crippen LogP contribution in [0.5, 0.6) is 0 Å². The quantitative estimate of drug-likeness (QED) is 0.573. The Bertz CT molecular complexity index is 1270. The summed E-state index contributed by atoms with van der Waals surface area (Å²) in [6.07, 6.45) is 0. The van der Waals surface area contributed by atoms with Gasteiger partial charge in [0.15, 0.2) is 5.13 Å². The maximum Gasteiger partial charge on any atom is 0.257 e. The molecular formula is C22H22ClN3O4S2. The van der Waals surface area contributed by atoms with Crippen molar-refractivity contribution in [2.75, 3.05) is 31.6 Å². The summed E-state index contributed by atoms with van der Waals surface area (Å²) in [4.78, 5) is 17.3. The predicted octanol–water partition coefficient (Wildman–Crippen LogP) is 4.35. The van der Waals surface area contributed by atoms with E-state index < -0.39 is 15.9 Å². The van der Waals surface area contributed by atoms with Gasteiger partial charge in [-0.3, -0.25) is 10.1 Å². The van der Waals surface area contributed by atoms with E-state index in [4.69, 9.17) is 16.3 Å². The molecule has 32 heavy (non-hydrogen) atoms. The fourth-order valence-corrected chi connectivity index (χ4v) is 6.02. The van der Waals surface area contributed by atoms with Gasteiger partial charge in [-0.1, -0.05) is 29.3 Å². The van der Waals surface area contributed by atoms with Crippen molar-refractivity contribution in [3.05, 3.63) is 63.5 Å². The van der Waals surface area contributed by atoms with E-state index in [0.29, 0.717) is 18.3 Å². The zero-order valence-corrected chi connectivity index (χ0v) is 20.0. The van der Waals surface area contributed by atoms with Gasteiger partial charge in [0.1, 0.15) is 4.90 Å². The molecule has 2 aromatic carbocycles. The van der Waals surface area contributed by atoms with Gasteiger partial charge < -0.3 is 4.74 Å². The van der Waals surface area contributed by atoms with Crippen molar-refractivity contribution < 1.29 is 17.9 Å². The smallest absolute Gasteiger partial charge is 0.257 e. The first kappa shape index (κ1) is 22.9. The molecular weight excluding hydrogens is 470 g/mol. The Kier molecular flexibility index (Phi) is 6.64. The zero-order valence-electron chi connectivity index (χ0n) is 17.6. The monoisotopic (exact) mass is 491 g/mol. The number of sulfonamides is 1. The lowest BCUT2D eigenvalue weighted by molar-refractivity contribution is 0.0730. The molecule has 1 aromatic heterocycles. The molecule has 0 radical (unpaired) electrons. The Morgan fingerprint density at radius 2 is 1.91 bits per heavy atom. The minimum absolute atomic E-state index is 0.0690. The standard InChI is InChI=1S/C22H22ClN3O4S2/c1-14-3-4-15(2)17(11-14)19-13-31-22(24-19)25-21(27)16-5-6-18(23)20(12-16)32(28,29)26-7-9-30-10-8-26/h3-6,11-13H,7-10H2,1-2H3,(H,24,25,27). The molecule has 1 aliphatic rings. The van der Waals surface area contributed by atoms with Crippen molar-refractivity contribution in [3.8, 4) is 11.3 Å². The number of rotatable bonds is 5. The number of aryl methyl sites for hydroxylation is 2. The summed E-state index contributed by atoms with van der Waals surface area (Å²) in [6.45, 7) is 5.16. The first-order chi connectivity index (χ1) is 15.3. The van der Waals surface area contributed by atoms with Gasteiger partial charge >= 0.3 is 0 Å². The van der Waals surface area contributed by atoms with Gasteiger partial charge in [0.25, 0.3) is 5.91 Å². The number of nitrogens with one attached hydrogen (secondary N) is 1. The van der Waals surface area contributed by atoms with Gasteiger partial charge in [0.2, 0.25) is 10.0 Å². The number of halogens is 1. The van der Waals surface area contributed by atoms with Crippen molar-refractivity contribution in [2.45, 2.75) is 18.7 Å². The number of anilines is 1. The van der Waals surface area contributed by atoms with Crippen LogP contribution in [0.1, 0.15) is 21.5 Å². The van der Waals surface area contributed by atoms with Crippen LogP contribution in [0.15, 0.2) is 46.7 Å². The van der Waals surface area contributed by atoms with E-state index in [0.717, 1.165) is 22.4 Å². The van der Waals surface area contributed by atoms with Gasteiger partial charge in [-0.05, 0) is 43.7 Å². The van der Waals surface area contributed by atoms with Gasteiger partial charge in [-0.2, -0.15) is 4.31 Å². The predicted molar refractivity (Wildman–Crippen MR) is 126 cm³/mol. The fourth-order valence-electron chi connectivity index (χ4n) is 3.40. The number of nitrogens with zero attached hydrogens (tertiary/aromatic N) is 2. The third kappa shape index (κ3) is 4.72. The summed E-state index contributed by atoms with van der Waals surface area (Å²) in [5.41, 5.74) is 4.18. The van der Waals surface area contributed by atoms with Crippen LogP contribution in [0.2, 0.25) is 5.02 Å². The summed E-state index contributed by atoms with van der Waals surface area (Å²) < 4.78 is 32.6. The minimum atomic E-state index is -3.83. The lowest BCUT2D eigenvalue weighted by Crippen LogP contribution is -2.40. The van der Waals surface area contributed by atoms with Crippen molar-refractivity contribution >= 4 is 44.0 Å². The van der Waals surface area contributed by atoms with Crippen LogP contribution < -0.4 is 5.32 Å². The van der Waals surface area contributed by atoms with Crippen LogP contribution in [0.3, 0.4) is 0 Å². The highest BCUT2D eigenvalue weighted by Crippen LogP contribution is 2.30. The summed E-state index contributed by atoms with van der Waals surface area (Å²) in [5.74, 6) is -0.457. The molecule has 1 aliphatic heterocycles. The number of ether oxygens (including phenoxy) is 1. The van der Waals surface area contributed by atoms with Gasteiger partial charge in [0, 0.05) is 29.6 Å².